The van der Waals surface area contributed by atoms with Gasteiger partial charge in [0.2, 0.25) is 0 Å². The number of rotatable bonds is 4. The molecule has 1 aromatic heterocycles. The molecule has 0 saturated carbocycles. The summed E-state index contributed by atoms with van der Waals surface area (Å²) in [5.41, 5.74) is -0.242. The summed E-state index contributed by atoms with van der Waals surface area (Å²) in [6.45, 7) is 0. The summed E-state index contributed by atoms with van der Waals surface area (Å²) in [5.74, 6) is -4.30. The predicted molar refractivity (Wildman–Crippen MR) is 41.6 cm³/mol. The first-order valence-corrected chi connectivity index (χ1v) is 3.76. The molecule has 0 fully saturated rings. The van der Waals surface area contributed by atoms with Crippen LogP contribution in [0.15, 0.2) is 18.3 Å². The van der Waals surface area contributed by atoms with Gasteiger partial charge in [-0.2, -0.15) is 8.78 Å². The molecule has 0 radical (unpaired) electrons. The largest absolute Gasteiger partial charge is 0.481 e. The van der Waals surface area contributed by atoms with Crippen molar-refractivity contribution in [3.63, 3.8) is 0 Å². The van der Waals surface area contributed by atoms with Crippen LogP contribution in [0.2, 0.25) is 0 Å². The van der Waals surface area contributed by atoms with Gasteiger partial charge in [0.05, 0.1) is 12.1 Å². The van der Waals surface area contributed by atoms with Crippen molar-refractivity contribution < 1.29 is 18.7 Å². The SMILES string of the molecule is O=C(O)CCC(F)(F)c1ccc[nH]1. The van der Waals surface area contributed by atoms with Crippen LogP contribution in [0.3, 0.4) is 0 Å². The van der Waals surface area contributed by atoms with E-state index in [0.29, 0.717) is 0 Å². The Morgan fingerprint density at radius 1 is 1.62 bits per heavy atom. The van der Waals surface area contributed by atoms with Crippen LogP contribution in [0, 0.1) is 0 Å². The Hall–Kier alpha value is -1.39. The van der Waals surface area contributed by atoms with Crippen molar-refractivity contribution in [3.05, 3.63) is 24.0 Å². The average molecular weight is 189 g/mol. The van der Waals surface area contributed by atoms with Gasteiger partial charge in [-0.1, -0.05) is 0 Å². The highest BCUT2D eigenvalue weighted by Crippen LogP contribution is 2.31. The van der Waals surface area contributed by atoms with Crippen LogP contribution in [0.5, 0.6) is 0 Å². The van der Waals surface area contributed by atoms with Gasteiger partial charge in [-0.15, -0.1) is 0 Å². The third-order valence-corrected chi connectivity index (χ3v) is 1.64. The van der Waals surface area contributed by atoms with Gasteiger partial charge in [0, 0.05) is 12.6 Å². The smallest absolute Gasteiger partial charge is 0.303 e. The fourth-order valence-corrected chi connectivity index (χ4v) is 0.956. The first-order chi connectivity index (χ1) is 6.02. The molecule has 5 heteroatoms. The standard InChI is InChI=1S/C8H9F2NO2/c9-8(10,4-3-7(12)13)6-2-1-5-11-6/h1-2,5,11H,3-4H2,(H,12,13). The highest BCUT2D eigenvalue weighted by atomic mass is 19.3. The number of hydrogen-bond donors (Lipinski definition) is 2. The third kappa shape index (κ3) is 2.54. The van der Waals surface area contributed by atoms with Crippen LogP contribution in [0.4, 0.5) is 8.78 Å². The predicted octanol–water partition coefficient (Wildman–Crippen LogP) is 1.97. The lowest BCUT2D eigenvalue weighted by atomic mass is 10.1. The van der Waals surface area contributed by atoms with Crippen LogP contribution in [-0.2, 0) is 10.7 Å². The second-order valence-electron chi connectivity index (χ2n) is 2.68. The minimum Gasteiger partial charge on any atom is -0.481 e. The summed E-state index contributed by atoms with van der Waals surface area (Å²) in [4.78, 5) is 12.4. The molecule has 0 saturated heterocycles. The first-order valence-electron chi connectivity index (χ1n) is 3.76. The Labute approximate surface area is 73.4 Å². The Kier molecular flexibility index (Phi) is 2.65. The van der Waals surface area contributed by atoms with E-state index in [-0.39, 0.29) is 5.69 Å². The topological polar surface area (TPSA) is 53.1 Å². The zero-order chi connectivity index (χ0) is 9.90. The van der Waals surface area contributed by atoms with Crippen LogP contribution in [0.25, 0.3) is 0 Å². The van der Waals surface area contributed by atoms with Gasteiger partial charge >= 0.3 is 5.97 Å². The highest BCUT2D eigenvalue weighted by molar-refractivity contribution is 5.66. The van der Waals surface area contributed by atoms with Gasteiger partial charge in [-0.25, -0.2) is 0 Å². The summed E-state index contributed by atoms with van der Waals surface area (Å²) >= 11 is 0. The number of halogens is 2. The molecule has 0 atom stereocenters. The van der Waals surface area contributed by atoms with Crippen molar-refractivity contribution >= 4 is 5.97 Å². The summed E-state index contributed by atoms with van der Waals surface area (Å²) < 4.78 is 26.1. The number of aromatic amines is 1. The number of carboxylic acids is 1. The molecule has 1 aromatic rings. The maximum absolute atomic E-state index is 13.1. The Morgan fingerprint density at radius 2 is 2.31 bits per heavy atom. The van der Waals surface area contributed by atoms with Crippen molar-refractivity contribution in [2.24, 2.45) is 0 Å². The Morgan fingerprint density at radius 3 is 2.77 bits per heavy atom. The maximum Gasteiger partial charge on any atom is 0.303 e. The summed E-state index contributed by atoms with van der Waals surface area (Å²) in [6.07, 6.45) is 0.166. The molecule has 1 rings (SSSR count). The monoisotopic (exact) mass is 189 g/mol. The molecule has 0 amide bonds. The minimum atomic E-state index is -3.08. The maximum atomic E-state index is 13.1. The quantitative estimate of drug-likeness (QED) is 0.760. The summed E-state index contributed by atoms with van der Waals surface area (Å²) in [6, 6.07) is 2.69. The summed E-state index contributed by atoms with van der Waals surface area (Å²) in [5, 5.41) is 8.23. The van der Waals surface area contributed by atoms with Crippen LogP contribution < -0.4 is 0 Å². The van der Waals surface area contributed by atoms with E-state index in [2.05, 4.69) is 4.98 Å². The van der Waals surface area contributed by atoms with Crippen molar-refractivity contribution in [2.75, 3.05) is 0 Å². The molecule has 72 valence electrons. The molecular weight excluding hydrogens is 180 g/mol. The molecule has 0 aromatic carbocycles. The van der Waals surface area contributed by atoms with Crippen molar-refractivity contribution in [1.82, 2.24) is 4.98 Å². The zero-order valence-electron chi connectivity index (χ0n) is 6.76. The van der Waals surface area contributed by atoms with E-state index in [0.717, 1.165) is 0 Å². The Bertz CT molecular complexity index is 282. The van der Waals surface area contributed by atoms with E-state index >= 15 is 0 Å². The van der Waals surface area contributed by atoms with Gasteiger partial charge in [0.15, 0.2) is 0 Å². The zero-order valence-corrected chi connectivity index (χ0v) is 6.76. The van der Waals surface area contributed by atoms with Crippen molar-refractivity contribution in [2.45, 2.75) is 18.8 Å². The van der Waals surface area contributed by atoms with Gasteiger partial charge in [0.25, 0.3) is 5.92 Å². The lowest BCUT2D eigenvalue weighted by molar-refractivity contribution is -0.139. The molecule has 0 aliphatic carbocycles. The van der Waals surface area contributed by atoms with Gasteiger partial charge in [0.1, 0.15) is 0 Å². The summed E-state index contributed by atoms with van der Waals surface area (Å²) in [7, 11) is 0. The van der Waals surface area contributed by atoms with Gasteiger partial charge in [-0.05, 0) is 12.1 Å². The average Bonchev–Trinajstić information content (AvgIpc) is 2.53. The fourth-order valence-electron chi connectivity index (χ4n) is 0.956. The van der Waals surface area contributed by atoms with Gasteiger partial charge in [-0.3, -0.25) is 4.79 Å². The Balaban J connectivity index is 2.61. The molecule has 2 N–H and O–H groups in total. The minimum absolute atomic E-state index is 0.242. The van der Waals surface area contributed by atoms with E-state index in [1.54, 1.807) is 0 Å². The number of H-pyrrole nitrogens is 1. The van der Waals surface area contributed by atoms with Crippen molar-refractivity contribution in [3.8, 4) is 0 Å². The molecule has 0 aliphatic heterocycles. The molecular formula is C8H9F2NO2. The van der Waals surface area contributed by atoms with E-state index < -0.39 is 24.7 Å². The van der Waals surface area contributed by atoms with Crippen molar-refractivity contribution in [1.29, 1.82) is 0 Å². The molecule has 0 bridgehead atoms. The molecule has 13 heavy (non-hydrogen) atoms. The third-order valence-electron chi connectivity index (χ3n) is 1.64. The second-order valence-corrected chi connectivity index (χ2v) is 2.68. The van der Waals surface area contributed by atoms with E-state index in [4.69, 9.17) is 5.11 Å². The molecule has 0 unspecified atom stereocenters. The lowest BCUT2D eigenvalue weighted by Gasteiger charge is -2.12. The number of aromatic nitrogens is 1. The number of hydrogen-bond acceptors (Lipinski definition) is 1. The molecule has 0 spiro atoms. The molecule has 1 heterocycles. The van der Waals surface area contributed by atoms with Crippen LogP contribution in [0.1, 0.15) is 18.5 Å². The molecule has 0 aliphatic rings. The highest BCUT2D eigenvalue weighted by Gasteiger charge is 2.32. The van der Waals surface area contributed by atoms with E-state index in [1.807, 2.05) is 0 Å². The second kappa shape index (κ2) is 3.55. The van der Waals surface area contributed by atoms with Crippen LogP contribution >= 0.6 is 0 Å². The fraction of sp³-hybridized carbons (Fsp3) is 0.375. The lowest BCUT2D eigenvalue weighted by Crippen LogP contribution is -2.15. The normalized spacial score (nSPS) is 11.5. The number of carboxylic acid groups (broad SMARTS) is 1. The molecule has 3 nitrogen and oxygen atoms in total. The van der Waals surface area contributed by atoms with Gasteiger partial charge < -0.3 is 10.1 Å². The van der Waals surface area contributed by atoms with E-state index in [1.165, 1.54) is 18.3 Å². The van der Waals surface area contributed by atoms with Crippen LogP contribution in [-0.4, -0.2) is 16.1 Å². The van der Waals surface area contributed by atoms with E-state index in [9.17, 15) is 13.6 Å². The number of aliphatic carboxylic acids is 1. The number of nitrogens with one attached hydrogen (secondary N) is 1. The number of carbonyl (C=O) groups is 1. The number of alkyl halides is 2. The first kappa shape index (κ1) is 9.70.